The van der Waals surface area contributed by atoms with Gasteiger partial charge in [-0.3, -0.25) is 4.79 Å². The van der Waals surface area contributed by atoms with Crippen LogP contribution in [-0.2, 0) is 4.79 Å². The van der Waals surface area contributed by atoms with Gasteiger partial charge in [-0.2, -0.15) is 0 Å². The molecule has 2 aromatic carbocycles. The van der Waals surface area contributed by atoms with Gasteiger partial charge in [0.15, 0.2) is 5.16 Å². The molecule has 0 aliphatic carbocycles. The molecule has 1 amide bonds. The summed E-state index contributed by atoms with van der Waals surface area (Å²) in [5.74, 6) is 1.50. The number of benzene rings is 2. The van der Waals surface area contributed by atoms with Crippen molar-refractivity contribution in [1.29, 1.82) is 0 Å². The summed E-state index contributed by atoms with van der Waals surface area (Å²) in [5, 5.41) is 14.5. The van der Waals surface area contributed by atoms with Crippen LogP contribution in [0.1, 0.15) is 45.5 Å². The van der Waals surface area contributed by atoms with Crippen LogP contribution in [0.4, 0.5) is 5.69 Å². The van der Waals surface area contributed by atoms with E-state index in [0.29, 0.717) is 11.7 Å². The molecule has 0 bridgehead atoms. The summed E-state index contributed by atoms with van der Waals surface area (Å²) >= 11 is 1.42. The summed E-state index contributed by atoms with van der Waals surface area (Å²) in [6.07, 6.45) is 0. The number of nitrogens with zero attached hydrogens (tertiary/aromatic N) is 3. The van der Waals surface area contributed by atoms with Gasteiger partial charge in [-0.25, -0.2) is 0 Å². The summed E-state index contributed by atoms with van der Waals surface area (Å²) in [7, 11) is 0. The van der Waals surface area contributed by atoms with E-state index in [1.807, 2.05) is 42.5 Å². The lowest BCUT2D eigenvalue weighted by Gasteiger charge is -2.15. The van der Waals surface area contributed by atoms with Crippen molar-refractivity contribution in [2.75, 3.05) is 11.1 Å². The SMILES string of the molecule is CC(C)c1nnc(SCC(=O)Nc2cccc3ccccc23)n1C(C)C. The van der Waals surface area contributed by atoms with Crippen LogP contribution in [-0.4, -0.2) is 26.4 Å². The van der Waals surface area contributed by atoms with Crippen molar-refractivity contribution in [2.45, 2.75) is 44.8 Å². The molecule has 1 aromatic heterocycles. The molecule has 0 spiro atoms. The van der Waals surface area contributed by atoms with Crippen molar-refractivity contribution in [3.63, 3.8) is 0 Å². The number of carbonyl (C=O) groups is 1. The zero-order chi connectivity index (χ0) is 18.7. The molecule has 6 heteroatoms. The van der Waals surface area contributed by atoms with E-state index in [9.17, 15) is 4.79 Å². The second kappa shape index (κ2) is 7.91. The van der Waals surface area contributed by atoms with Gasteiger partial charge < -0.3 is 9.88 Å². The molecule has 0 aliphatic heterocycles. The smallest absolute Gasteiger partial charge is 0.234 e. The number of rotatable bonds is 6. The van der Waals surface area contributed by atoms with E-state index in [0.717, 1.165) is 27.4 Å². The maximum absolute atomic E-state index is 12.5. The second-order valence-electron chi connectivity index (χ2n) is 6.82. The van der Waals surface area contributed by atoms with E-state index in [2.05, 4.69) is 47.8 Å². The lowest BCUT2D eigenvalue weighted by molar-refractivity contribution is -0.113. The summed E-state index contributed by atoms with van der Waals surface area (Å²) in [5.41, 5.74) is 0.835. The number of hydrogen-bond acceptors (Lipinski definition) is 4. The Hall–Kier alpha value is -2.34. The van der Waals surface area contributed by atoms with Gasteiger partial charge in [0, 0.05) is 23.0 Å². The normalized spacial score (nSPS) is 11.5. The fraction of sp³-hybridized carbons (Fsp3) is 0.350. The summed E-state index contributed by atoms with van der Waals surface area (Å²) in [6.45, 7) is 8.42. The van der Waals surface area contributed by atoms with Gasteiger partial charge in [0.25, 0.3) is 0 Å². The molecular formula is C20H24N4OS. The minimum Gasteiger partial charge on any atom is -0.325 e. The van der Waals surface area contributed by atoms with Gasteiger partial charge >= 0.3 is 0 Å². The number of thioether (sulfide) groups is 1. The molecule has 0 saturated heterocycles. The number of anilines is 1. The Labute approximate surface area is 158 Å². The third-order valence-corrected chi connectivity index (χ3v) is 5.06. The Morgan fingerprint density at radius 3 is 2.54 bits per heavy atom. The van der Waals surface area contributed by atoms with Crippen LogP contribution < -0.4 is 5.32 Å². The minimum atomic E-state index is -0.0456. The quantitative estimate of drug-likeness (QED) is 0.631. The highest BCUT2D eigenvalue weighted by molar-refractivity contribution is 7.99. The van der Waals surface area contributed by atoms with Gasteiger partial charge in [0.2, 0.25) is 5.91 Å². The molecule has 1 heterocycles. The van der Waals surface area contributed by atoms with Gasteiger partial charge in [0.1, 0.15) is 5.82 Å². The third-order valence-electron chi connectivity index (χ3n) is 4.12. The van der Waals surface area contributed by atoms with Crippen molar-refractivity contribution in [2.24, 2.45) is 0 Å². The number of hydrogen-bond donors (Lipinski definition) is 1. The van der Waals surface area contributed by atoms with Crippen LogP contribution in [0.25, 0.3) is 10.8 Å². The van der Waals surface area contributed by atoms with Crippen LogP contribution >= 0.6 is 11.8 Å². The zero-order valence-electron chi connectivity index (χ0n) is 15.6. The molecule has 3 rings (SSSR count). The lowest BCUT2D eigenvalue weighted by Crippen LogP contribution is -2.15. The number of carbonyl (C=O) groups excluding carboxylic acids is 1. The molecule has 0 saturated carbocycles. The first-order valence-electron chi connectivity index (χ1n) is 8.82. The van der Waals surface area contributed by atoms with E-state index in [1.165, 1.54) is 11.8 Å². The van der Waals surface area contributed by atoms with Crippen molar-refractivity contribution >= 4 is 34.1 Å². The predicted octanol–water partition coefficient (Wildman–Crippen LogP) is 4.87. The van der Waals surface area contributed by atoms with Gasteiger partial charge in [-0.15, -0.1) is 10.2 Å². The van der Waals surface area contributed by atoms with E-state index in [-0.39, 0.29) is 11.9 Å². The van der Waals surface area contributed by atoms with Gasteiger partial charge in [-0.05, 0) is 25.3 Å². The van der Waals surface area contributed by atoms with Gasteiger partial charge in [0.05, 0.1) is 5.75 Å². The van der Waals surface area contributed by atoms with Gasteiger partial charge in [-0.1, -0.05) is 62.0 Å². The summed E-state index contributed by atoms with van der Waals surface area (Å²) in [6, 6.07) is 14.2. The molecule has 0 atom stereocenters. The highest BCUT2D eigenvalue weighted by Crippen LogP contribution is 2.26. The molecular weight excluding hydrogens is 344 g/mol. The van der Waals surface area contributed by atoms with E-state index >= 15 is 0 Å². The number of fused-ring (bicyclic) bond motifs is 1. The predicted molar refractivity (Wildman–Crippen MR) is 108 cm³/mol. The molecule has 136 valence electrons. The Kier molecular flexibility index (Phi) is 5.61. The monoisotopic (exact) mass is 368 g/mol. The van der Waals surface area contributed by atoms with Crippen LogP contribution in [0.2, 0.25) is 0 Å². The lowest BCUT2D eigenvalue weighted by atomic mass is 10.1. The Bertz CT molecular complexity index is 912. The maximum atomic E-state index is 12.5. The average Bonchev–Trinajstić information content (AvgIpc) is 3.05. The highest BCUT2D eigenvalue weighted by atomic mass is 32.2. The van der Waals surface area contributed by atoms with Crippen molar-refractivity contribution in [3.8, 4) is 0 Å². The van der Waals surface area contributed by atoms with Crippen LogP contribution in [0.5, 0.6) is 0 Å². The fourth-order valence-corrected chi connectivity index (χ4v) is 3.79. The van der Waals surface area contributed by atoms with Crippen molar-refractivity contribution in [3.05, 3.63) is 48.3 Å². The van der Waals surface area contributed by atoms with Crippen LogP contribution in [0, 0.1) is 0 Å². The standard InChI is InChI=1S/C20H24N4OS/c1-13(2)19-22-23-20(24(19)14(3)4)26-12-18(25)21-17-11-7-9-15-8-5-6-10-16(15)17/h5-11,13-14H,12H2,1-4H3,(H,21,25). The second-order valence-corrected chi connectivity index (χ2v) is 7.77. The minimum absolute atomic E-state index is 0.0456. The molecule has 26 heavy (non-hydrogen) atoms. The molecule has 3 aromatic rings. The number of nitrogens with one attached hydrogen (secondary N) is 1. The molecule has 1 N–H and O–H groups in total. The Morgan fingerprint density at radius 2 is 1.81 bits per heavy atom. The summed E-state index contributed by atoms with van der Waals surface area (Å²) in [4.78, 5) is 12.5. The van der Waals surface area contributed by atoms with Crippen molar-refractivity contribution < 1.29 is 4.79 Å². The molecule has 0 aliphatic rings. The third kappa shape index (κ3) is 3.90. The molecule has 0 radical (unpaired) electrons. The largest absolute Gasteiger partial charge is 0.325 e. The summed E-state index contributed by atoms with van der Waals surface area (Å²) < 4.78 is 2.11. The molecule has 5 nitrogen and oxygen atoms in total. The number of aromatic nitrogens is 3. The Morgan fingerprint density at radius 1 is 1.08 bits per heavy atom. The first-order valence-corrected chi connectivity index (χ1v) is 9.81. The maximum Gasteiger partial charge on any atom is 0.234 e. The first kappa shape index (κ1) is 18.5. The van der Waals surface area contributed by atoms with Crippen molar-refractivity contribution in [1.82, 2.24) is 14.8 Å². The Balaban J connectivity index is 1.72. The van der Waals surface area contributed by atoms with E-state index in [4.69, 9.17) is 0 Å². The van der Waals surface area contributed by atoms with Crippen LogP contribution in [0.15, 0.2) is 47.6 Å². The van der Waals surface area contributed by atoms with E-state index < -0.39 is 0 Å². The van der Waals surface area contributed by atoms with E-state index in [1.54, 1.807) is 0 Å². The zero-order valence-corrected chi connectivity index (χ0v) is 16.4. The van der Waals surface area contributed by atoms with Crippen LogP contribution in [0.3, 0.4) is 0 Å². The first-order chi connectivity index (χ1) is 12.5. The fourth-order valence-electron chi connectivity index (χ4n) is 2.92. The molecule has 0 unspecified atom stereocenters. The molecule has 0 fully saturated rings. The average molecular weight is 369 g/mol. The highest BCUT2D eigenvalue weighted by Gasteiger charge is 2.18. The topological polar surface area (TPSA) is 59.8 Å². The number of amides is 1.